The van der Waals surface area contributed by atoms with Crippen molar-refractivity contribution in [2.75, 3.05) is 20.3 Å². The molecule has 1 saturated heterocycles. The molecular formula is C12H24N2O2. The molecule has 1 aliphatic heterocycles. The lowest BCUT2D eigenvalue weighted by Crippen LogP contribution is -2.57. The second-order valence-corrected chi connectivity index (χ2v) is 4.32. The molecule has 0 spiro atoms. The zero-order chi connectivity index (χ0) is 11.9. The number of hydrogen-bond acceptors (Lipinski definition) is 4. The van der Waals surface area contributed by atoms with Gasteiger partial charge in [-0.1, -0.05) is 6.08 Å². The number of nitrogens with two attached hydrogens (primary N) is 1. The van der Waals surface area contributed by atoms with E-state index in [0.717, 1.165) is 45.3 Å². The Morgan fingerprint density at radius 3 is 2.75 bits per heavy atom. The molecule has 0 bridgehead atoms. The van der Waals surface area contributed by atoms with E-state index in [1.165, 1.54) is 0 Å². The summed E-state index contributed by atoms with van der Waals surface area (Å²) in [6.45, 7) is 5.25. The third kappa shape index (κ3) is 3.28. The van der Waals surface area contributed by atoms with Crippen molar-refractivity contribution in [3.8, 4) is 0 Å². The first-order chi connectivity index (χ1) is 7.79. The van der Waals surface area contributed by atoms with Crippen LogP contribution in [-0.4, -0.2) is 32.0 Å². The lowest BCUT2D eigenvalue weighted by atomic mass is 9.83. The van der Waals surface area contributed by atoms with E-state index in [2.05, 4.69) is 12.0 Å². The second-order valence-electron chi connectivity index (χ2n) is 4.32. The molecule has 1 fully saturated rings. The average Bonchev–Trinajstić information content (AvgIpc) is 2.35. The summed E-state index contributed by atoms with van der Waals surface area (Å²) in [6, 6.07) is 0.196. The van der Waals surface area contributed by atoms with Gasteiger partial charge in [-0.15, -0.1) is 6.58 Å². The summed E-state index contributed by atoms with van der Waals surface area (Å²) >= 11 is 0. The molecule has 0 aromatic carbocycles. The van der Waals surface area contributed by atoms with Gasteiger partial charge in [0.1, 0.15) is 0 Å². The number of rotatable bonds is 7. The van der Waals surface area contributed by atoms with Crippen LogP contribution in [0.4, 0.5) is 0 Å². The summed E-state index contributed by atoms with van der Waals surface area (Å²) in [5.41, 5.74) is 2.75. The smallest absolute Gasteiger partial charge is 0.0888 e. The van der Waals surface area contributed by atoms with Gasteiger partial charge in [0.15, 0.2) is 0 Å². The van der Waals surface area contributed by atoms with Gasteiger partial charge >= 0.3 is 0 Å². The van der Waals surface area contributed by atoms with E-state index in [-0.39, 0.29) is 11.6 Å². The largest absolute Gasteiger partial charge is 0.381 e. The number of allylic oxidation sites excluding steroid dienone is 1. The van der Waals surface area contributed by atoms with Crippen LogP contribution in [0.1, 0.15) is 32.1 Å². The number of unbranched alkanes of at least 4 members (excludes halogenated alkanes) is 1. The lowest BCUT2D eigenvalue weighted by molar-refractivity contribution is -0.112. The normalized spacial score (nSPS) is 21.6. The van der Waals surface area contributed by atoms with E-state index in [9.17, 15) is 0 Å². The van der Waals surface area contributed by atoms with Crippen LogP contribution >= 0.6 is 0 Å². The molecule has 0 amide bonds. The fraction of sp³-hybridized carbons (Fsp3) is 0.833. The van der Waals surface area contributed by atoms with Gasteiger partial charge in [-0.3, -0.25) is 11.3 Å². The van der Waals surface area contributed by atoms with Crippen molar-refractivity contribution in [2.45, 2.75) is 43.7 Å². The number of methoxy groups -OCH3 is 1. The third-order valence-corrected chi connectivity index (χ3v) is 3.48. The van der Waals surface area contributed by atoms with E-state index < -0.39 is 0 Å². The Labute approximate surface area is 98.1 Å². The Hall–Kier alpha value is -0.420. The van der Waals surface area contributed by atoms with Crippen LogP contribution < -0.4 is 11.3 Å². The van der Waals surface area contributed by atoms with Gasteiger partial charge in [0, 0.05) is 33.2 Å². The summed E-state index contributed by atoms with van der Waals surface area (Å²) in [6.07, 6.45) is 6.88. The summed E-state index contributed by atoms with van der Waals surface area (Å²) in [5.74, 6) is 5.65. The van der Waals surface area contributed by atoms with Crippen molar-refractivity contribution in [1.82, 2.24) is 5.43 Å². The molecular weight excluding hydrogens is 204 g/mol. The van der Waals surface area contributed by atoms with Gasteiger partial charge in [0.25, 0.3) is 0 Å². The molecule has 4 heteroatoms. The van der Waals surface area contributed by atoms with Crippen LogP contribution in [0.25, 0.3) is 0 Å². The zero-order valence-electron chi connectivity index (χ0n) is 10.2. The van der Waals surface area contributed by atoms with Crippen LogP contribution in [0.15, 0.2) is 12.7 Å². The highest BCUT2D eigenvalue weighted by atomic mass is 16.5. The van der Waals surface area contributed by atoms with E-state index in [0.29, 0.717) is 0 Å². The molecule has 0 aromatic rings. The van der Waals surface area contributed by atoms with Crippen LogP contribution in [0.2, 0.25) is 0 Å². The fourth-order valence-corrected chi connectivity index (χ4v) is 2.38. The Bertz CT molecular complexity index is 203. The maximum atomic E-state index is 5.71. The highest BCUT2D eigenvalue weighted by Crippen LogP contribution is 2.30. The van der Waals surface area contributed by atoms with Crippen LogP contribution in [0, 0.1) is 0 Å². The van der Waals surface area contributed by atoms with Crippen LogP contribution in [0.5, 0.6) is 0 Å². The highest BCUT2D eigenvalue weighted by Gasteiger charge is 2.39. The molecule has 1 atom stereocenters. The molecule has 0 aromatic heterocycles. The quantitative estimate of drug-likeness (QED) is 0.299. The second kappa shape index (κ2) is 7.01. The minimum absolute atomic E-state index is 0.159. The summed E-state index contributed by atoms with van der Waals surface area (Å²) in [7, 11) is 1.77. The molecule has 1 unspecified atom stereocenters. The minimum Gasteiger partial charge on any atom is -0.381 e. The first kappa shape index (κ1) is 13.6. The van der Waals surface area contributed by atoms with Crippen molar-refractivity contribution in [3.05, 3.63) is 12.7 Å². The van der Waals surface area contributed by atoms with Gasteiger partial charge in [0.2, 0.25) is 0 Å². The van der Waals surface area contributed by atoms with E-state index in [1.54, 1.807) is 7.11 Å². The molecule has 1 rings (SSSR count). The molecule has 94 valence electrons. The standard InChI is InChI=1S/C12H24N2O2/c1-3-4-5-6-11(14-13)12(15-2)7-9-16-10-8-12/h3,11,14H,1,4-10,13H2,2H3. The number of hydrogen-bond donors (Lipinski definition) is 2. The van der Waals surface area contributed by atoms with Crippen molar-refractivity contribution in [2.24, 2.45) is 5.84 Å². The SMILES string of the molecule is C=CCCCC(NN)C1(OC)CCOCC1. The average molecular weight is 228 g/mol. The first-order valence-electron chi connectivity index (χ1n) is 5.99. The number of nitrogens with one attached hydrogen (secondary N) is 1. The van der Waals surface area contributed by atoms with Gasteiger partial charge in [-0.25, -0.2) is 0 Å². The number of ether oxygens (including phenoxy) is 2. The topological polar surface area (TPSA) is 56.5 Å². The third-order valence-electron chi connectivity index (χ3n) is 3.48. The first-order valence-corrected chi connectivity index (χ1v) is 5.99. The Kier molecular flexibility index (Phi) is 5.98. The highest BCUT2D eigenvalue weighted by molar-refractivity contribution is 4.94. The molecule has 1 aliphatic rings. The van der Waals surface area contributed by atoms with Crippen molar-refractivity contribution in [1.29, 1.82) is 0 Å². The summed E-state index contributed by atoms with van der Waals surface area (Å²) in [5, 5.41) is 0. The number of hydrazine groups is 1. The molecule has 0 saturated carbocycles. The Balaban J connectivity index is 2.54. The molecule has 16 heavy (non-hydrogen) atoms. The van der Waals surface area contributed by atoms with Gasteiger partial charge in [-0.05, 0) is 19.3 Å². The monoisotopic (exact) mass is 228 g/mol. The maximum Gasteiger partial charge on any atom is 0.0888 e. The lowest BCUT2D eigenvalue weighted by Gasteiger charge is -2.42. The van der Waals surface area contributed by atoms with Gasteiger partial charge in [0.05, 0.1) is 11.6 Å². The predicted octanol–water partition coefficient (Wildman–Crippen LogP) is 1.37. The maximum absolute atomic E-state index is 5.71. The molecule has 3 N–H and O–H groups in total. The van der Waals surface area contributed by atoms with Crippen molar-refractivity contribution in [3.63, 3.8) is 0 Å². The Morgan fingerprint density at radius 1 is 1.56 bits per heavy atom. The molecule has 4 nitrogen and oxygen atoms in total. The molecule has 0 aliphatic carbocycles. The fourth-order valence-electron chi connectivity index (χ4n) is 2.38. The van der Waals surface area contributed by atoms with Gasteiger partial charge in [-0.2, -0.15) is 0 Å². The van der Waals surface area contributed by atoms with Crippen molar-refractivity contribution < 1.29 is 9.47 Å². The zero-order valence-corrected chi connectivity index (χ0v) is 10.2. The molecule has 1 heterocycles. The van der Waals surface area contributed by atoms with E-state index >= 15 is 0 Å². The Morgan fingerprint density at radius 2 is 2.25 bits per heavy atom. The summed E-state index contributed by atoms with van der Waals surface area (Å²) < 4.78 is 11.1. The van der Waals surface area contributed by atoms with E-state index in [4.69, 9.17) is 15.3 Å². The van der Waals surface area contributed by atoms with Crippen LogP contribution in [-0.2, 0) is 9.47 Å². The van der Waals surface area contributed by atoms with Crippen molar-refractivity contribution >= 4 is 0 Å². The van der Waals surface area contributed by atoms with Gasteiger partial charge < -0.3 is 9.47 Å². The predicted molar refractivity (Wildman–Crippen MR) is 65.0 cm³/mol. The van der Waals surface area contributed by atoms with Crippen LogP contribution in [0.3, 0.4) is 0 Å². The molecule has 0 radical (unpaired) electrons. The van der Waals surface area contributed by atoms with E-state index in [1.807, 2.05) is 6.08 Å². The minimum atomic E-state index is -0.159. The summed E-state index contributed by atoms with van der Waals surface area (Å²) in [4.78, 5) is 0.